The van der Waals surface area contributed by atoms with Crippen molar-refractivity contribution in [3.8, 4) is 0 Å². The summed E-state index contributed by atoms with van der Waals surface area (Å²) in [4.78, 5) is 24.1. The number of likely N-dealkylation sites (N-methyl/N-ethyl adjacent to an activating group) is 1. The van der Waals surface area contributed by atoms with E-state index in [2.05, 4.69) is 15.0 Å². The average Bonchev–Trinajstić information content (AvgIpc) is 2.72. The maximum Gasteiger partial charge on any atom is 0.361 e. The van der Waals surface area contributed by atoms with Crippen LogP contribution in [0.5, 0.6) is 0 Å². The summed E-state index contributed by atoms with van der Waals surface area (Å²) in [5.41, 5.74) is -1.28. The van der Waals surface area contributed by atoms with E-state index < -0.39 is 36.2 Å². The van der Waals surface area contributed by atoms with Crippen molar-refractivity contribution < 1.29 is 23.1 Å². The molecule has 0 atom stereocenters. The number of ether oxygens (including phenoxy) is 1. The number of alkyl halides is 2. The molecule has 0 saturated heterocycles. The lowest BCUT2D eigenvalue weighted by Crippen LogP contribution is -2.27. The van der Waals surface area contributed by atoms with E-state index in [1.807, 2.05) is 0 Å². The first kappa shape index (κ1) is 15.0. The zero-order chi connectivity index (χ0) is 14.6. The fraction of sp³-hybridized carbons (Fsp3) is 0.600. The number of esters is 1. The van der Waals surface area contributed by atoms with Crippen molar-refractivity contribution in [2.45, 2.75) is 19.9 Å². The van der Waals surface area contributed by atoms with E-state index in [0.717, 1.165) is 0 Å². The summed E-state index contributed by atoms with van der Waals surface area (Å²) >= 11 is 0. The zero-order valence-electron chi connectivity index (χ0n) is 10.8. The van der Waals surface area contributed by atoms with Gasteiger partial charge in [0, 0.05) is 14.1 Å². The fourth-order valence-electron chi connectivity index (χ4n) is 1.27. The predicted octanol–water partition coefficient (Wildman–Crippen LogP) is 0.481. The molecule has 0 saturated carbocycles. The van der Waals surface area contributed by atoms with Crippen molar-refractivity contribution >= 4 is 11.9 Å². The van der Waals surface area contributed by atoms with Crippen LogP contribution in [0, 0.1) is 0 Å². The molecular formula is C10H14F2N4O3. The molecule has 0 N–H and O–H groups in total. The van der Waals surface area contributed by atoms with Crippen LogP contribution >= 0.6 is 0 Å². The van der Waals surface area contributed by atoms with Crippen LogP contribution in [-0.4, -0.2) is 52.5 Å². The Balaban J connectivity index is 3.07. The first-order valence-corrected chi connectivity index (χ1v) is 5.47. The molecule has 0 radical (unpaired) electrons. The van der Waals surface area contributed by atoms with Gasteiger partial charge >= 0.3 is 5.97 Å². The standard InChI is InChI=1S/C10H14F2N4O3/c1-4-19-10(18)7-8(9(11)12)16(14-13-7)5-6(17)15(2)3/h9H,4-5H2,1-3H3. The molecule has 1 rings (SSSR count). The second-order valence-electron chi connectivity index (χ2n) is 3.79. The van der Waals surface area contributed by atoms with Crippen LogP contribution in [-0.2, 0) is 16.1 Å². The Morgan fingerprint density at radius 3 is 2.53 bits per heavy atom. The Bertz CT molecular complexity index is 473. The van der Waals surface area contributed by atoms with Gasteiger partial charge in [-0.2, -0.15) is 0 Å². The Morgan fingerprint density at radius 2 is 2.05 bits per heavy atom. The van der Waals surface area contributed by atoms with Crippen LogP contribution in [0.4, 0.5) is 8.78 Å². The largest absolute Gasteiger partial charge is 0.461 e. The highest BCUT2D eigenvalue weighted by Gasteiger charge is 2.28. The maximum atomic E-state index is 12.9. The molecule has 0 aliphatic carbocycles. The molecule has 1 amide bonds. The number of carbonyl (C=O) groups is 2. The van der Waals surface area contributed by atoms with Gasteiger partial charge in [-0.15, -0.1) is 5.10 Å². The van der Waals surface area contributed by atoms with Crippen LogP contribution in [0.15, 0.2) is 0 Å². The highest BCUT2D eigenvalue weighted by molar-refractivity contribution is 5.88. The molecule has 0 spiro atoms. The summed E-state index contributed by atoms with van der Waals surface area (Å²) in [6.45, 7) is 1.16. The number of halogens is 2. The summed E-state index contributed by atoms with van der Waals surface area (Å²) in [7, 11) is 2.96. The van der Waals surface area contributed by atoms with E-state index >= 15 is 0 Å². The third-order valence-electron chi connectivity index (χ3n) is 2.23. The van der Waals surface area contributed by atoms with E-state index in [-0.39, 0.29) is 6.61 Å². The van der Waals surface area contributed by atoms with Crippen molar-refractivity contribution in [2.24, 2.45) is 0 Å². The molecule has 0 bridgehead atoms. The highest BCUT2D eigenvalue weighted by Crippen LogP contribution is 2.22. The molecular weight excluding hydrogens is 262 g/mol. The Morgan fingerprint density at radius 1 is 1.42 bits per heavy atom. The monoisotopic (exact) mass is 276 g/mol. The summed E-state index contributed by atoms with van der Waals surface area (Å²) < 4.78 is 31.2. The highest BCUT2D eigenvalue weighted by atomic mass is 19.3. The minimum atomic E-state index is -2.98. The maximum absolute atomic E-state index is 12.9. The fourth-order valence-corrected chi connectivity index (χ4v) is 1.27. The lowest BCUT2D eigenvalue weighted by molar-refractivity contribution is -0.129. The zero-order valence-corrected chi connectivity index (χ0v) is 10.8. The number of hydrogen-bond donors (Lipinski definition) is 0. The van der Waals surface area contributed by atoms with Crippen LogP contribution < -0.4 is 0 Å². The van der Waals surface area contributed by atoms with Gasteiger partial charge < -0.3 is 9.64 Å². The van der Waals surface area contributed by atoms with Crippen molar-refractivity contribution in [2.75, 3.05) is 20.7 Å². The molecule has 19 heavy (non-hydrogen) atoms. The molecule has 1 aromatic rings. The SMILES string of the molecule is CCOC(=O)c1nnn(CC(=O)N(C)C)c1C(F)F. The molecule has 1 aromatic heterocycles. The van der Waals surface area contributed by atoms with Gasteiger partial charge in [0.1, 0.15) is 12.2 Å². The van der Waals surface area contributed by atoms with E-state index in [4.69, 9.17) is 0 Å². The van der Waals surface area contributed by atoms with E-state index in [1.54, 1.807) is 6.92 Å². The lowest BCUT2D eigenvalue weighted by Gasteiger charge is -2.11. The van der Waals surface area contributed by atoms with Gasteiger partial charge in [-0.05, 0) is 6.92 Å². The van der Waals surface area contributed by atoms with Crippen molar-refractivity contribution in [1.82, 2.24) is 19.9 Å². The number of carbonyl (C=O) groups excluding carboxylic acids is 2. The summed E-state index contributed by atoms with van der Waals surface area (Å²) in [5, 5.41) is 6.76. The van der Waals surface area contributed by atoms with Crippen molar-refractivity contribution in [3.63, 3.8) is 0 Å². The minimum absolute atomic E-state index is 0.0327. The van der Waals surface area contributed by atoms with E-state index in [0.29, 0.717) is 4.68 Å². The summed E-state index contributed by atoms with van der Waals surface area (Å²) in [6, 6.07) is 0. The molecule has 0 aliphatic heterocycles. The molecule has 0 aliphatic rings. The molecule has 0 fully saturated rings. The molecule has 0 unspecified atom stereocenters. The molecule has 106 valence electrons. The first-order chi connectivity index (χ1) is 8.88. The summed E-state index contributed by atoms with van der Waals surface area (Å²) in [6.07, 6.45) is -2.98. The summed E-state index contributed by atoms with van der Waals surface area (Å²) in [5.74, 6) is -1.43. The Kier molecular flexibility index (Phi) is 4.90. The van der Waals surface area contributed by atoms with E-state index in [1.165, 1.54) is 19.0 Å². The lowest BCUT2D eigenvalue weighted by atomic mass is 10.3. The smallest absolute Gasteiger partial charge is 0.361 e. The molecule has 9 heteroatoms. The first-order valence-electron chi connectivity index (χ1n) is 5.47. The van der Waals surface area contributed by atoms with Gasteiger partial charge in [-0.1, -0.05) is 5.21 Å². The normalized spacial score (nSPS) is 10.6. The van der Waals surface area contributed by atoms with Gasteiger partial charge in [-0.25, -0.2) is 18.3 Å². The Labute approximate surface area is 108 Å². The van der Waals surface area contributed by atoms with Crippen LogP contribution in [0.2, 0.25) is 0 Å². The topological polar surface area (TPSA) is 77.3 Å². The third-order valence-corrected chi connectivity index (χ3v) is 2.23. The average molecular weight is 276 g/mol. The quantitative estimate of drug-likeness (QED) is 0.731. The Hall–Kier alpha value is -2.06. The third kappa shape index (κ3) is 3.46. The van der Waals surface area contributed by atoms with Gasteiger partial charge in [0.25, 0.3) is 6.43 Å². The van der Waals surface area contributed by atoms with E-state index in [9.17, 15) is 18.4 Å². The van der Waals surface area contributed by atoms with Gasteiger partial charge in [0.05, 0.1) is 6.61 Å². The second-order valence-corrected chi connectivity index (χ2v) is 3.79. The van der Waals surface area contributed by atoms with Gasteiger partial charge in [0.2, 0.25) is 5.91 Å². The van der Waals surface area contributed by atoms with Crippen LogP contribution in [0.1, 0.15) is 29.5 Å². The predicted molar refractivity (Wildman–Crippen MR) is 59.6 cm³/mol. The minimum Gasteiger partial charge on any atom is -0.461 e. The number of aromatic nitrogens is 3. The molecule has 7 nitrogen and oxygen atoms in total. The van der Waals surface area contributed by atoms with Gasteiger partial charge in [-0.3, -0.25) is 4.79 Å². The second kappa shape index (κ2) is 6.21. The van der Waals surface area contributed by atoms with Crippen molar-refractivity contribution in [3.05, 3.63) is 11.4 Å². The number of amides is 1. The van der Waals surface area contributed by atoms with Crippen LogP contribution in [0.3, 0.4) is 0 Å². The van der Waals surface area contributed by atoms with Crippen molar-refractivity contribution in [1.29, 1.82) is 0 Å². The number of hydrogen-bond acceptors (Lipinski definition) is 5. The molecule has 0 aromatic carbocycles. The number of nitrogens with zero attached hydrogens (tertiary/aromatic N) is 4. The van der Waals surface area contributed by atoms with Crippen LogP contribution in [0.25, 0.3) is 0 Å². The molecule has 1 heterocycles. The van der Waals surface area contributed by atoms with Gasteiger partial charge in [0.15, 0.2) is 5.69 Å². The number of rotatable bonds is 5.